The molecule has 1 aliphatic heterocycles. The number of aromatic nitrogens is 2. The number of amides is 1. The Labute approximate surface area is 104 Å². The van der Waals surface area contributed by atoms with Gasteiger partial charge in [0, 0.05) is 18.6 Å². The highest BCUT2D eigenvalue weighted by Gasteiger charge is 2.26. The van der Waals surface area contributed by atoms with Gasteiger partial charge in [0.05, 0.1) is 12.9 Å². The number of ether oxygens (including phenoxy) is 1. The molecule has 1 aromatic rings. The van der Waals surface area contributed by atoms with Gasteiger partial charge in [-0.25, -0.2) is 9.78 Å². The smallest absolute Gasteiger partial charge is 0.354 e. The number of hydrogen-bond acceptors (Lipinski definition) is 4. The number of nitrogens with zero attached hydrogens (tertiary/aromatic N) is 1. The predicted octanol–water partition coefficient (Wildman–Crippen LogP) is 0.263. The van der Waals surface area contributed by atoms with Crippen molar-refractivity contribution in [3.63, 3.8) is 0 Å². The van der Waals surface area contributed by atoms with E-state index < -0.39 is 11.9 Å². The van der Waals surface area contributed by atoms with Crippen LogP contribution in [0.1, 0.15) is 34.3 Å². The number of nitrogens with one attached hydrogen (secondary N) is 2. The number of imidazole rings is 1. The second-order valence-corrected chi connectivity index (χ2v) is 4.32. The van der Waals surface area contributed by atoms with Crippen LogP contribution in [0.15, 0.2) is 6.33 Å². The summed E-state index contributed by atoms with van der Waals surface area (Å²) >= 11 is 0. The maximum absolute atomic E-state index is 11.9. The molecule has 98 valence electrons. The average molecular weight is 253 g/mol. The van der Waals surface area contributed by atoms with Crippen LogP contribution in [-0.2, 0) is 4.74 Å². The standard InChI is InChI=1S/C11H15N3O4/c1-6(7-2-3-18-4-7)14-10(15)8-9(11(16)17)13-5-12-8/h5-7H,2-4H2,1H3,(H,12,13)(H,14,15)(H,16,17). The molecule has 2 heterocycles. The molecular formula is C11H15N3O4. The third-order valence-corrected chi connectivity index (χ3v) is 3.10. The van der Waals surface area contributed by atoms with E-state index in [1.54, 1.807) is 0 Å². The van der Waals surface area contributed by atoms with Gasteiger partial charge in [-0.3, -0.25) is 4.79 Å². The fourth-order valence-electron chi connectivity index (χ4n) is 1.97. The maximum atomic E-state index is 11.9. The molecule has 7 heteroatoms. The largest absolute Gasteiger partial charge is 0.477 e. The lowest BCUT2D eigenvalue weighted by Gasteiger charge is -2.18. The fourth-order valence-corrected chi connectivity index (χ4v) is 1.97. The van der Waals surface area contributed by atoms with Gasteiger partial charge in [-0.15, -0.1) is 0 Å². The summed E-state index contributed by atoms with van der Waals surface area (Å²) < 4.78 is 5.25. The first-order valence-electron chi connectivity index (χ1n) is 5.75. The molecule has 1 saturated heterocycles. The molecule has 1 aliphatic rings. The van der Waals surface area contributed by atoms with Crippen molar-refractivity contribution in [3.05, 3.63) is 17.7 Å². The topological polar surface area (TPSA) is 104 Å². The summed E-state index contributed by atoms with van der Waals surface area (Å²) in [6.07, 6.45) is 2.09. The van der Waals surface area contributed by atoms with E-state index in [-0.39, 0.29) is 23.3 Å². The molecule has 0 spiro atoms. The van der Waals surface area contributed by atoms with Crippen LogP contribution in [-0.4, -0.2) is 46.2 Å². The average Bonchev–Trinajstić information content (AvgIpc) is 3.00. The van der Waals surface area contributed by atoms with E-state index in [0.29, 0.717) is 13.2 Å². The van der Waals surface area contributed by atoms with Crippen molar-refractivity contribution >= 4 is 11.9 Å². The Morgan fingerprint density at radius 1 is 1.67 bits per heavy atom. The summed E-state index contributed by atoms with van der Waals surface area (Å²) in [6.45, 7) is 3.20. The Kier molecular flexibility index (Phi) is 3.61. The van der Waals surface area contributed by atoms with Crippen LogP contribution in [0, 0.1) is 5.92 Å². The third-order valence-electron chi connectivity index (χ3n) is 3.10. The van der Waals surface area contributed by atoms with Crippen LogP contribution in [0.4, 0.5) is 0 Å². The Bertz CT molecular complexity index is 451. The molecule has 3 N–H and O–H groups in total. The zero-order valence-electron chi connectivity index (χ0n) is 9.97. The maximum Gasteiger partial charge on any atom is 0.354 e. The SMILES string of the molecule is CC(NC(=O)c1nc[nH]c1C(=O)O)C1CCOC1. The number of rotatable bonds is 4. The monoisotopic (exact) mass is 253 g/mol. The number of carboxylic acid groups (broad SMARTS) is 1. The molecule has 1 amide bonds. The van der Waals surface area contributed by atoms with Gasteiger partial charge in [0.1, 0.15) is 0 Å². The summed E-state index contributed by atoms with van der Waals surface area (Å²) in [5, 5.41) is 11.6. The molecule has 0 radical (unpaired) electrons. The number of hydrogen-bond donors (Lipinski definition) is 3. The van der Waals surface area contributed by atoms with Gasteiger partial charge in [-0.1, -0.05) is 0 Å². The first-order valence-corrected chi connectivity index (χ1v) is 5.75. The summed E-state index contributed by atoms with van der Waals surface area (Å²) in [4.78, 5) is 28.9. The van der Waals surface area contributed by atoms with Crippen LogP contribution in [0.25, 0.3) is 0 Å². The van der Waals surface area contributed by atoms with Gasteiger partial charge < -0.3 is 20.1 Å². The Hall–Kier alpha value is -1.89. The van der Waals surface area contributed by atoms with E-state index in [2.05, 4.69) is 15.3 Å². The van der Waals surface area contributed by atoms with E-state index in [1.807, 2.05) is 6.92 Å². The predicted molar refractivity (Wildman–Crippen MR) is 61.4 cm³/mol. The molecule has 7 nitrogen and oxygen atoms in total. The number of carbonyl (C=O) groups is 2. The number of aromatic amines is 1. The van der Waals surface area contributed by atoms with Crippen molar-refractivity contribution in [1.82, 2.24) is 15.3 Å². The molecule has 1 aromatic heterocycles. The van der Waals surface area contributed by atoms with Gasteiger partial charge in [0.15, 0.2) is 11.4 Å². The highest BCUT2D eigenvalue weighted by Crippen LogP contribution is 2.16. The minimum Gasteiger partial charge on any atom is -0.477 e. The number of aromatic carboxylic acids is 1. The van der Waals surface area contributed by atoms with Crippen LogP contribution in [0.2, 0.25) is 0 Å². The Balaban J connectivity index is 2.02. The highest BCUT2D eigenvalue weighted by molar-refractivity contribution is 6.02. The lowest BCUT2D eigenvalue weighted by atomic mass is 10.0. The van der Waals surface area contributed by atoms with Gasteiger partial charge in [0.25, 0.3) is 5.91 Å². The zero-order chi connectivity index (χ0) is 13.1. The molecule has 0 aliphatic carbocycles. The molecular weight excluding hydrogens is 238 g/mol. The fraction of sp³-hybridized carbons (Fsp3) is 0.545. The van der Waals surface area contributed by atoms with Crippen LogP contribution < -0.4 is 5.32 Å². The van der Waals surface area contributed by atoms with Gasteiger partial charge in [-0.05, 0) is 13.3 Å². The summed E-state index contributed by atoms with van der Waals surface area (Å²) in [5.74, 6) is -1.41. The van der Waals surface area contributed by atoms with E-state index in [0.717, 1.165) is 6.42 Å². The molecule has 2 rings (SSSR count). The molecule has 2 unspecified atom stereocenters. The Morgan fingerprint density at radius 3 is 3.06 bits per heavy atom. The van der Waals surface area contributed by atoms with Crippen molar-refractivity contribution < 1.29 is 19.4 Å². The summed E-state index contributed by atoms with van der Waals surface area (Å²) in [7, 11) is 0. The quantitative estimate of drug-likeness (QED) is 0.714. The highest BCUT2D eigenvalue weighted by atomic mass is 16.5. The molecule has 0 saturated carbocycles. The van der Waals surface area contributed by atoms with Crippen molar-refractivity contribution in [2.24, 2.45) is 5.92 Å². The van der Waals surface area contributed by atoms with Crippen molar-refractivity contribution in [2.45, 2.75) is 19.4 Å². The second kappa shape index (κ2) is 5.18. The van der Waals surface area contributed by atoms with Crippen molar-refractivity contribution in [3.8, 4) is 0 Å². The summed E-state index contributed by atoms with van der Waals surface area (Å²) in [6, 6.07) is -0.0710. The molecule has 2 atom stereocenters. The van der Waals surface area contributed by atoms with E-state index >= 15 is 0 Å². The van der Waals surface area contributed by atoms with Gasteiger partial charge in [0.2, 0.25) is 0 Å². The lowest BCUT2D eigenvalue weighted by Crippen LogP contribution is -2.39. The van der Waals surface area contributed by atoms with Crippen LogP contribution in [0.5, 0.6) is 0 Å². The lowest BCUT2D eigenvalue weighted by molar-refractivity contribution is 0.0684. The third kappa shape index (κ3) is 2.51. The van der Waals surface area contributed by atoms with E-state index in [9.17, 15) is 9.59 Å². The first kappa shape index (κ1) is 12.6. The zero-order valence-corrected chi connectivity index (χ0v) is 9.97. The van der Waals surface area contributed by atoms with Crippen molar-refractivity contribution in [1.29, 1.82) is 0 Å². The molecule has 1 fully saturated rings. The van der Waals surface area contributed by atoms with Crippen LogP contribution in [0.3, 0.4) is 0 Å². The molecule has 0 bridgehead atoms. The van der Waals surface area contributed by atoms with E-state index in [4.69, 9.17) is 9.84 Å². The minimum absolute atomic E-state index is 0.0710. The minimum atomic E-state index is -1.20. The van der Waals surface area contributed by atoms with E-state index in [1.165, 1.54) is 6.33 Å². The number of H-pyrrole nitrogens is 1. The summed E-state index contributed by atoms with van der Waals surface area (Å²) in [5.41, 5.74) is -0.282. The number of carboxylic acids is 1. The molecule has 18 heavy (non-hydrogen) atoms. The number of carbonyl (C=O) groups excluding carboxylic acids is 1. The molecule has 0 aromatic carbocycles. The second-order valence-electron chi connectivity index (χ2n) is 4.32. The normalized spacial score (nSPS) is 20.6. The van der Waals surface area contributed by atoms with Gasteiger partial charge in [-0.2, -0.15) is 0 Å². The Morgan fingerprint density at radius 2 is 2.44 bits per heavy atom. The van der Waals surface area contributed by atoms with Gasteiger partial charge >= 0.3 is 5.97 Å². The van der Waals surface area contributed by atoms with Crippen LogP contribution >= 0.6 is 0 Å². The first-order chi connectivity index (χ1) is 8.59. The van der Waals surface area contributed by atoms with Crippen molar-refractivity contribution in [2.75, 3.05) is 13.2 Å².